The van der Waals surface area contributed by atoms with Crippen LogP contribution in [0.3, 0.4) is 0 Å². The van der Waals surface area contributed by atoms with Crippen LogP contribution in [0.4, 0.5) is 0 Å². The number of furan rings is 1. The zero-order chi connectivity index (χ0) is 17.2. The van der Waals surface area contributed by atoms with E-state index >= 15 is 0 Å². The Kier molecular flexibility index (Phi) is 3.98. The lowest BCUT2D eigenvalue weighted by molar-refractivity contribution is -0.121. The van der Waals surface area contributed by atoms with E-state index in [0.717, 1.165) is 27.7 Å². The summed E-state index contributed by atoms with van der Waals surface area (Å²) < 4.78 is 5.82. The van der Waals surface area contributed by atoms with Crippen LogP contribution in [0, 0.1) is 0 Å². The van der Waals surface area contributed by atoms with Gasteiger partial charge in [0, 0.05) is 5.39 Å². The zero-order valence-electron chi connectivity index (χ0n) is 14.0. The van der Waals surface area contributed by atoms with Gasteiger partial charge in [0.1, 0.15) is 11.3 Å². The molecule has 3 nitrogen and oxygen atoms in total. The summed E-state index contributed by atoms with van der Waals surface area (Å²) in [4.78, 5) is 12.4. The van der Waals surface area contributed by atoms with Gasteiger partial charge in [-0.1, -0.05) is 60.7 Å². The number of nitrogens with one attached hydrogen (secondary N) is 1. The van der Waals surface area contributed by atoms with E-state index in [-0.39, 0.29) is 11.9 Å². The summed E-state index contributed by atoms with van der Waals surface area (Å²) in [5.41, 5.74) is 1.85. The molecule has 1 atom stereocenters. The fourth-order valence-corrected chi connectivity index (χ4v) is 3.11. The Hall–Kier alpha value is -3.07. The van der Waals surface area contributed by atoms with Crippen molar-refractivity contribution in [1.82, 2.24) is 5.32 Å². The van der Waals surface area contributed by atoms with Gasteiger partial charge in [-0.3, -0.25) is 4.79 Å². The van der Waals surface area contributed by atoms with Crippen LogP contribution < -0.4 is 5.32 Å². The molecule has 0 radical (unpaired) electrons. The molecule has 124 valence electrons. The maximum atomic E-state index is 12.4. The van der Waals surface area contributed by atoms with E-state index in [1.54, 1.807) is 0 Å². The highest BCUT2D eigenvalue weighted by Crippen LogP contribution is 2.23. The average molecular weight is 329 g/mol. The lowest BCUT2D eigenvalue weighted by Crippen LogP contribution is -2.27. The number of rotatable bonds is 4. The maximum Gasteiger partial charge on any atom is 0.224 e. The lowest BCUT2D eigenvalue weighted by Gasteiger charge is -2.11. The van der Waals surface area contributed by atoms with Crippen LogP contribution in [-0.2, 0) is 11.2 Å². The van der Waals surface area contributed by atoms with Gasteiger partial charge in [-0.05, 0) is 35.4 Å². The van der Waals surface area contributed by atoms with Crippen molar-refractivity contribution in [1.29, 1.82) is 0 Å². The fourth-order valence-electron chi connectivity index (χ4n) is 3.11. The summed E-state index contributed by atoms with van der Waals surface area (Å²) in [5, 5.41) is 6.40. The molecule has 3 heteroatoms. The first-order valence-electron chi connectivity index (χ1n) is 8.44. The molecule has 0 saturated heterocycles. The van der Waals surface area contributed by atoms with Crippen molar-refractivity contribution in [3.05, 3.63) is 84.1 Å². The molecular weight excluding hydrogens is 310 g/mol. The van der Waals surface area contributed by atoms with Crippen molar-refractivity contribution in [2.75, 3.05) is 0 Å². The molecule has 25 heavy (non-hydrogen) atoms. The van der Waals surface area contributed by atoms with Gasteiger partial charge in [-0.2, -0.15) is 0 Å². The third-order valence-corrected chi connectivity index (χ3v) is 4.43. The monoisotopic (exact) mass is 329 g/mol. The smallest absolute Gasteiger partial charge is 0.224 e. The van der Waals surface area contributed by atoms with E-state index in [0.29, 0.717) is 6.42 Å². The number of hydrogen-bond donors (Lipinski definition) is 1. The van der Waals surface area contributed by atoms with Crippen LogP contribution in [-0.4, -0.2) is 5.91 Å². The normalized spacial score (nSPS) is 12.4. The molecule has 0 aliphatic heterocycles. The number of carbonyl (C=O) groups excluding carboxylic acids is 1. The number of amides is 1. The Morgan fingerprint density at radius 2 is 1.64 bits per heavy atom. The predicted molar refractivity (Wildman–Crippen MR) is 100 cm³/mol. The van der Waals surface area contributed by atoms with Gasteiger partial charge in [0.05, 0.1) is 12.5 Å². The fraction of sp³-hybridized carbons (Fsp3) is 0.136. The molecule has 0 aliphatic carbocycles. The molecule has 0 aliphatic rings. The Morgan fingerprint density at radius 1 is 0.920 bits per heavy atom. The molecule has 0 fully saturated rings. The van der Waals surface area contributed by atoms with Crippen molar-refractivity contribution in [3.63, 3.8) is 0 Å². The third-order valence-electron chi connectivity index (χ3n) is 4.43. The first-order valence-corrected chi connectivity index (χ1v) is 8.44. The predicted octanol–water partition coefficient (Wildman–Crippen LogP) is 5.01. The van der Waals surface area contributed by atoms with Crippen molar-refractivity contribution in [2.24, 2.45) is 0 Å². The van der Waals surface area contributed by atoms with Crippen LogP contribution >= 0.6 is 0 Å². The van der Waals surface area contributed by atoms with Crippen LogP contribution in [0.2, 0.25) is 0 Å². The van der Waals surface area contributed by atoms with Gasteiger partial charge < -0.3 is 9.73 Å². The van der Waals surface area contributed by atoms with Gasteiger partial charge in [0.25, 0.3) is 0 Å². The second kappa shape index (κ2) is 6.44. The van der Waals surface area contributed by atoms with Crippen LogP contribution in [0.1, 0.15) is 24.3 Å². The quantitative estimate of drug-likeness (QED) is 0.572. The second-order valence-electron chi connectivity index (χ2n) is 6.33. The van der Waals surface area contributed by atoms with Crippen molar-refractivity contribution in [2.45, 2.75) is 19.4 Å². The first-order chi connectivity index (χ1) is 12.2. The van der Waals surface area contributed by atoms with E-state index in [9.17, 15) is 4.79 Å². The highest BCUT2D eigenvalue weighted by Gasteiger charge is 2.14. The van der Waals surface area contributed by atoms with Crippen LogP contribution in [0.15, 0.2) is 77.2 Å². The standard InChI is InChI=1S/C22H19NO2/c1-15(21-14-19-8-4-5-9-20(19)25-21)23-22(24)13-16-10-11-17-6-2-3-7-18(17)12-16/h2-12,14-15H,13H2,1H3,(H,23,24). The number of fused-ring (bicyclic) bond motifs is 2. The van der Waals surface area contributed by atoms with E-state index in [2.05, 4.69) is 29.6 Å². The molecule has 0 saturated carbocycles. The molecule has 3 aromatic carbocycles. The second-order valence-corrected chi connectivity index (χ2v) is 6.33. The summed E-state index contributed by atoms with van der Waals surface area (Å²) in [6.45, 7) is 1.94. The molecule has 1 heterocycles. The van der Waals surface area contributed by atoms with Crippen molar-refractivity contribution >= 4 is 27.6 Å². The number of benzene rings is 3. The van der Waals surface area contributed by atoms with E-state index < -0.39 is 0 Å². The van der Waals surface area contributed by atoms with E-state index in [1.807, 2.05) is 55.5 Å². The topological polar surface area (TPSA) is 42.2 Å². The molecule has 1 N–H and O–H groups in total. The van der Waals surface area contributed by atoms with Crippen molar-refractivity contribution < 1.29 is 9.21 Å². The molecule has 4 aromatic rings. The largest absolute Gasteiger partial charge is 0.459 e. The molecule has 1 amide bonds. The zero-order valence-corrected chi connectivity index (χ0v) is 14.0. The average Bonchev–Trinajstić information content (AvgIpc) is 3.06. The summed E-state index contributed by atoms with van der Waals surface area (Å²) in [6, 6.07) is 24.0. The number of para-hydroxylation sites is 1. The van der Waals surface area contributed by atoms with Gasteiger partial charge in [0.15, 0.2) is 0 Å². The third kappa shape index (κ3) is 3.26. The highest BCUT2D eigenvalue weighted by molar-refractivity contribution is 5.85. The van der Waals surface area contributed by atoms with Gasteiger partial charge in [-0.25, -0.2) is 0 Å². The maximum absolute atomic E-state index is 12.4. The Labute approximate surface area is 146 Å². The molecule has 0 spiro atoms. The minimum absolute atomic E-state index is 0.0109. The Balaban J connectivity index is 1.46. The Bertz CT molecular complexity index is 1010. The van der Waals surface area contributed by atoms with Gasteiger partial charge >= 0.3 is 0 Å². The molecular formula is C22H19NO2. The summed E-state index contributed by atoms with van der Waals surface area (Å²) >= 11 is 0. The van der Waals surface area contributed by atoms with Gasteiger partial charge in [-0.15, -0.1) is 0 Å². The Morgan fingerprint density at radius 3 is 2.44 bits per heavy atom. The minimum atomic E-state index is -0.166. The van der Waals surface area contributed by atoms with E-state index in [4.69, 9.17) is 4.42 Å². The van der Waals surface area contributed by atoms with Gasteiger partial charge in [0.2, 0.25) is 5.91 Å². The van der Waals surface area contributed by atoms with Crippen LogP contribution in [0.5, 0.6) is 0 Å². The lowest BCUT2D eigenvalue weighted by atomic mass is 10.0. The van der Waals surface area contributed by atoms with Crippen LogP contribution in [0.25, 0.3) is 21.7 Å². The summed E-state index contributed by atoms with van der Waals surface area (Å²) in [7, 11) is 0. The number of hydrogen-bond acceptors (Lipinski definition) is 2. The number of carbonyl (C=O) groups is 1. The molecule has 1 aromatic heterocycles. The SMILES string of the molecule is CC(NC(=O)Cc1ccc2ccccc2c1)c1cc2ccccc2o1. The summed E-state index contributed by atoms with van der Waals surface area (Å²) in [6.07, 6.45) is 0.357. The van der Waals surface area contributed by atoms with Crippen molar-refractivity contribution in [3.8, 4) is 0 Å². The summed E-state index contributed by atoms with van der Waals surface area (Å²) in [5.74, 6) is 0.760. The first kappa shape index (κ1) is 15.5. The molecule has 1 unspecified atom stereocenters. The van der Waals surface area contributed by atoms with E-state index in [1.165, 1.54) is 5.39 Å². The minimum Gasteiger partial charge on any atom is -0.459 e. The highest BCUT2D eigenvalue weighted by atomic mass is 16.3. The molecule has 0 bridgehead atoms. The molecule has 4 rings (SSSR count).